The maximum atomic E-state index is 15.7. The zero-order valence-electron chi connectivity index (χ0n) is 19.4. The predicted molar refractivity (Wildman–Crippen MR) is 138 cm³/mol. The van der Waals surface area contributed by atoms with Gasteiger partial charge >= 0.3 is 0 Å². The van der Waals surface area contributed by atoms with Gasteiger partial charge in [0.15, 0.2) is 0 Å². The minimum absolute atomic E-state index is 0.220. The van der Waals surface area contributed by atoms with Crippen LogP contribution in [0.4, 0.5) is 10.1 Å². The molecule has 0 fully saturated rings. The summed E-state index contributed by atoms with van der Waals surface area (Å²) in [5, 5.41) is 0. The van der Waals surface area contributed by atoms with Crippen molar-refractivity contribution in [3.63, 3.8) is 0 Å². The van der Waals surface area contributed by atoms with Crippen molar-refractivity contribution in [2.45, 2.75) is 24.7 Å². The van der Waals surface area contributed by atoms with E-state index in [1.807, 2.05) is 73.8 Å². The molecule has 0 spiro atoms. The Kier molecular flexibility index (Phi) is 6.80. The molecule has 0 atom stereocenters. The molecule has 0 unspecified atom stereocenters. The quantitative estimate of drug-likeness (QED) is 0.306. The zero-order chi connectivity index (χ0) is 23.5. The number of rotatable bonds is 6. The summed E-state index contributed by atoms with van der Waals surface area (Å²) in [5.41, 5.74) is 6.47. The summed E-state index contributed by atoms with van der Waals surface area (Å²) in [6, 6.07) is 19.5. The lowest BCUT2D eigenvalue weighted by Crippen LogP contribution is -2.08. The van der Waals surface area contributed by atoms with E-state index in [1.54, 1.807) is 13.0 Å². The fraction of sp³-hybridized carbons (Fsp3) is 0.214. The molecule has 1 amide bonds. The van der Waals surface area contributed by atoms with Crippen molar-refractivity contribution in [3.8, 4) is 11.1 Å². The molecule has 0 saturated heterocycles. The summed E-state index contributed by atoms with van der Waals surface area (Å²) >= 11 is 1.50. The van der Waals surface area contributed by atoms with Crippen molar-refractivity contribution in [1.82, 2.24) is 0 Å². The molecule has 0 bridgehead atoms. The van der Waals surface area contributed by atoms with E-state index in [4.69, 9.17) is 0 Å². The number of amides is 1. The molecule has 1 aliphatic rings. The molecule has 4 rings (SSSR count). The molecule has 3 aromatic carbocycles. The van der Waals surface area contributed by atoms with Gasteiger partial charge < -0.3 is 4.90 Å². The number of halogens is 1. The Balaban J connectivity index is 1.63. The predicted octanol–water partition coefficient (Wildman–Crippen LogP) is 6.65. The molecule has 0 aromatic heterocycles. The number of hydrogen-bond acceptors (Lipinski definition) is 3. The monoisotopic (exact) mass is 458 g/mol. The van der Waals surface area contributed by atoms with Crippen LogP contribution in [0.3, 0.4) is 0 Å². The fourth-order valence-corrected chi connectivity index (χ4v) is 4.79. The topological polar surface area (TPSA) is 32.7 Å². The van der Waals surface area contributed by atoms with E-state index in [0.717, 1.165) is 33.7 Å². The van der Waals surface area contributed by atoms with Gasteiger partial charge in [0.2, 0.25) is 5.91 Å². The summed E-state index contributed by atoms with van der Waals surface area (Å²) in [4.78, 5) is 19.8. The van der Waals surface area contributed by atoms with Gasteiger partial charge in [0, 0.05) is 35.8 Å². The molecule has 1 aliphatic carbocycles. The largest absolute Gasteiger partial charge is 0.378 e. The van der Waals surface area contributed by atoms with Crippen LogP contribution in [-0.4, -0.2) is 32.0 Å². The third-order valence-electron chi connectivity index (χ3n) is 5.95. The Morgan fingerprint density at radius 3 is 2.48 bits per heavy atom. The van der Waals surface area contributed by atoms with Gasteiger partial charge in [-0.05, 0) is 66.1 Å². The lowest BCUT2D eigenvalue weighted by molar-refractivity contribution is -0.116. The zero-order valence-corrected chi connectivity index (χ0v) is 20.2. The van der Waals surface area contributed by atoms with Gasteiger partial charge in [-0.2, -0.15) is 0 Å². The van der Waals surface area contributed by atoms with Crippen molar-refractivity contribution < 1.29 is 9.18 Å². The minimum Gasteiger partial charge on any atom is -0.378 e. The molecule has 0 saturated carbocycles. The number of allylic oxidation sites excluding steroid dienone is 1. The van der Waals surface area contributed by atoms with Crippen LogP contribution >= 0.6 is 11.8 Å². The standard InChI is InChI=1S/C28H27FN2OS/c1-18(30-26(32)17-21-10-9-19-7-5-6-8-24(19)21)23-15-16-25(33-4)27(28(23)29)20-11-13-22(14-12-20)31(2)3/h5-8,10-16H,9,17H2,1-4H3. The second-order valence-corrected chi connectivity index (χ2v) is 9.15. The number of hydrogen-bond donors (Lipinski definition) is 0. The number of fused-ring (bicyclic) bond motifs is 1. The summed E-state index contributed by atoms with van der Waals surface area (Å²) in [6.07, 6.45) is 5.07. The Labute approximate surface area is 199 Å². The molecule has 3 nitrogen and oxygen atoms in total. The average Bonchev–Trinajstić information content (AvgIpc) is 3.21. The Hall–Kier alpha value is -3.18. The first kappa shape index (κ1) is 23.0. The van der Waals surface area contributed by atoms with Crippen LogP contribution in [0.15, 0.2) is 76.6 Å². The van der Waals surface area contributed by atoms with Gasteiger partial charge in [-0.3, -0.25) is 4.79 Å². The average molecular weight is 459 g/mol. The SMILES string of the molecule is CSc1ccc(C(C)=NC(=O)CC2=CCc3ccccc32)c(F)c1-c1ccc(N(C)C)cc1. The first-order valence-electron chi connectivity index (χ1n) is 10.9. The van der Waals surface area contributed by atoms with Crippen LogP contribution in [0.1, 0.15) is 30.0 Å². The van der Waals surface area contributed by atoms with E-state index in [2.05, 4.69) is 17.1 Å². The van der Waals surface area contributed by atoms with Crippen LogP contribution < -0.4 is 4.90 Å². The Morgan fingerprint density at radius 2 is 1.79 bits per heavy atom. The maximum Gasteiger partial charge on any atom is 0.250 e. The smallest absolute Gasteiger partial charge is 0.250 e. The molecular weight excluding hydrogens is 431 g/mol. The van der Waals surface area contributed by atoms with Gasteiger partial charge in [0.25, 0.3) is 0 Å². The Bertz CT molecular complexity index is 1260. The maximum absolute atomic E-state index is 15.7. The van der Waals surface area contributed by atoms with E-state index in [9.17, 15) is 4.79 Å². The van der Waals surface area contributed by atoms with Crippen molar-refractivity contribution in [3.05, 3.63) is 89.2 Å². The van der Waals surface area contributed by atoms with Gasteiger partial charge in [-0.15, -0.1) is 11.8 Å². The van der Waals surface area contributed by atoms with E-state index >= 15 is 4.39 Å². The van der Waals surface area contributed by atoms with Crippen molar-refractivity contribution in [1.29, 1.82) is 0 Å². The molecule has 0 aliphatic heterocycles. The van der Waals surface area contributed by atoms with Gasteiger partial charge in [-0.1, -0.05) is 42.5 Å². The number of carbonyl (C=O) groups is 1. The second-order valence-electron chi connectivity index (χ2n) is 8.30. The van der Waals surface area contributed by atoms with E-state index in [-0.39, 0.29) is 18.1 Å². The molecule has 33 heavy (non-hydrogen) atoms. The number of carbonyl (C=O) groups excluding carboxylic acids is 1. The van der Waals surface area contributed by atoms with Crippen LogP contribution in [-0.2, 0) is 11.2 Å². The van der Waals surface area contributed by atoms with Crippen LogP contribution in [0, 0.1) is 5.82 Å². The van der Waals surface area contributed by atoms with E-state index in [0.29, 0.717) is 16.8 Å². The number of aliphatic imine (C=N–C) groups is 1. The van der Waals surface area contributed by atoms with Crippen LogP contribution in [0.5, 0.6) is 0 Å². The van der Waals surface area contributed by atoms with Crippen molar-refractivity contribution >= 4 is 34.6 Å². The summed E-state index contributed by atoms with van der Waals surface area (Å²) in [6.45, 7) is 1.70. The van der Waals surface area contributed by atoms with Crippen molar-refractivity contribution in [2.24, 2.45) is 4.99 Å². The van der Waals surface area contributed by atoms with Crippen LogP contribution in [0.2, 0.25) is 0 Å². The number of anilines is 1. The van der Waals surface area contributed by atoms with E-state index < -0.39 is 0 Å². The normalized spacial score (nSPS) is 13.0. The molecule has 0 heterocycles. The summed E-state index contributed by atoms with van der Waals surface area (Å²) < 4.78 is 15.7. The van der Waals surface area contributed by atoms with Gasteiger partial charge in [0.05, 0.1) is 12.1 Å². The second kappa shape index (κ2) is 9.75. The first-order valence-corrected chi connectivity index (χ1v) is 12.1. The fourth-order valence-electron chi connectivity index (χ4n) is 4.17. The highest BCUT2D eigenvalue weighted by Crippen LogP contribution is 2.35. The number of nitrogens with zero attached hydrogens (tertiary/aromatic N) is 2. The van der Waals surface area contributed by atoms with Crippen LogP contribution in [0.25, 0.3) is 16.7 Å². The summed E-state index contributed by atoms with van der Waals surface area (Å²) in [5.74, 6) is -0.611. The van der Waals surface area contributed by atoms with Crippen molar-refractivity contribution in [2.75, 3.05) is 25.3 Å². The highest BCUT2D eigenvalue weighted by atomic mass is 32.2. The minimum atomic E-state index is -0.348. The van der Waals surface area contributed by atoms with Gasteiger partial charge in [0.1, 0.15) is 5.82 Å². The highest BCUT2D eigenvalue weighted by molar-refractivity contribution is 7.98. The van der Waals surface area contributed by atoms with E-state index in [1.165, 1.54) is 17.3 Å². The molecular formula is C28H27FN2OS. The molecule has 168 valence electrons. The number of thioether (sulfide) groups is 1. The molecule has 3 aromatic rings. The molecule has 0 N–H and O–H groups in total. The molecule has 5 heteroatoms. The lowest BCUT2D eigenvalue weighted by Gasteiger charge is -2.16. The van der Waals surface area contributed by atoms with Gasteiger partial charge in [-0.25, -0.2) is 9.38 Å². The highest BCUT2D eigenvalue weighted by Gasteiger charge is 2.19. The lowest BCUT2D eigenvalue weighted by atomic mass is 9.99. The number of benzene rings is 3. The Morgan fingerprint density at radius 1 is 1.06 bits per heavy atom. The third kappa shape index (κ3) is 4.79. The third-order valence-corrected chi connectivity index (χ3v) is 6.73. The summed E-state index contributed by atoms with van der Waals surface area (Å²) in [7, 11) is 3.95. The first-order chi connectivity index (χ1) is 15.9. The molecule has 0 radical (unpaired) electrons.